The summed E-state index contributed by atoms with van der Waals surface area (Å²) in [6, 6.07) is 22.0. The van der Waals surface area contributed by atoms with E-state index in [9.17, 15) is 27.9 Å². The molecule has 1 spiro atoms. The molecular weight excluding hydrogens is 691 g/mol. The highest BCUT2D eigenvalue weighted by atomic mass is 19.4. The first-order valence-corrected chi connectivity index (χ1v) is 18.4. The zero-order chi connectivity index (χ0) is 37.2. The number of nitrogens with zero attached hydrogens (tertiary/aromatic N) is 2. The second-order valence-electron chi connectivity index (χ2n) is 14.4. The van der Waals surface area contributed by atoms with E-state index in [0.29, 0.717) is 24.5 Å². The first kappa shape index (κ1) is 37.5. The van der Waals surface area contributed by atoms with Gasteiger partial charge in [0.2, 0.25) is 5.91 Å². The Kier molecular flexibility index (Phi) is 11.2. The van der Waals surface area contributed by atoms with Crippen LogP contribution < -0.4 is 5.32 Å². The molecule has 3 aromatic rings. The molecule has 0 aromatic heterocycles. The Morgan fingerprint density at radius 3 is 2.26 bits per heavy atom. The van der Waals surface area contributed by atoms with E-state index in [1.54, 1.807) is 0 Å². The zero-order valence-electron chi connectivity index (χ0n) is 29.7. The van der Waals surface area contributed by atoms with Gasteiger partial charge in [0.1, 0.15) is 6.04 Å². The summed E-state index contributed by atoms with van der Waals surface area (Å²) in [6.07, 6.45) is -3.94. The Hall–Kier alpha value is -3.85. The smallest absolute Gasteiger partial charge is 0.392 e. The summed E-state index contributed by atoms with van der Waals surface area (Å²) in [5.74, 6) is -3.02. The molecule has 284 valence electrons. The molecule has 2 amide bonds. The van der Waals surface area contributed by atoms with Crippen LogP contribution in [0, 0.1) is 5.92 Å². The van der Waals surface area contributed by atoms with Crippen LogP contribution in [0.5, 0.6) is 0 Å². The normalized spacial score (nSPS) is 26.2. The lowest BCUT2D eigenvalue weighted by Crippen LogP contribution is -2.50. The van der Waals surface area contributed by atoms with Crippen molar-refractivity contribution in [2.45, 2.75) is 82.3 Å². The van der Waals surface area contributed by atoms with Crippen molar-refractivity contribution in [1.29, 1.82) is 0 Å². The van der Waals surface area contributed by atoms with Crippen LogP contribution in [0.1, 0.15) is 67.3 Å². The van der Waals surface area contributed by atoms with Crippen LogP contribution in [-0.2, 0) is 41.7 Å². The van der Waals surface area contributed by atoms with Gasteiger partial charge in [0.25, 0.3) is 0 Å². The maximum absolute atomic E-state index is 13.1. The summed E-state index contributed by atoms with van der Waals surface area (Å²) in [6.45, 7) is 5.77. The molecule has 3 aromatic carbocycles. The number of carbonyl (C=O) groups is 2. The number of halogens is 3. The fraction of sp³-hybridized carbons (Fsp3) is 0.500. The standard InChI is InChI=1S/C40H46F3N3O7/c1-26-34(24-45-19-16-39(17-20-45)50-21-22-51-39)52-37(53-35(26)29-10-8-27(25-47)9-11-29)30-14-12-28(13-15-30)32-6-3-2-5-31(32)23-44-36(48)33-7-4-18-46(33)38(49)40(41,42)43/h2-3,5-6,8-15,26,33-35,37,47H,4,7,16-25H2,1H3,(H,44,48). The van der Waals surface area contributed by atoms with Gasteiger partial charge < -0.3 is 39.2 Å². The SMILES string of the molecule is CC1C(CN2CCC3(CC2)OCCO3)OC(c2ccc(-c3ccccc3CNC(=O)C3CCCN3C(=O)C(F)(F)F)cc2)OC1c1ccc(CO)cc1. The summed E-state index contributed by atoms with van der Waals surface area (Å²) in [5.41, 5.74) is 5.19. The van der Waals surface area contributed by atoms with E-state index in [0.717, 1.165) is 65.9 Å². The lowest BCUT2D eigenvalue weighted by atomic mass is 9.89. The molecule has 4 heterocycles. The molecule has 2 N–H and O–H groups in total. The van der Waals surface area contributed by atoms with Crippen molar-refractivity contribution in [3.05, 3.63) is 95.1 Å². The minimum absolute atomic E-state index is 0.0327. The van der Waals surface area contributed by atoms with Gasteiger partial charge in [0.05, 0.1) is 32.0 Å². The van der Waals surface area contributed by atoms with E-state index in [1.807, 2.05) is 72.8 Å². The third-order valence-corrected chi connectivity index (χ3v) is 11.0. The third kappa shape index (κ3) is 8.30. The van der Waals surface area contributed by atoms with E-state index in [2.05, 4.69) is 17.1 Å². The number of ether oxygens (including phenoxy) is 4. The quantitative estimate of drug-likeness (QED) is 0.291. The number of piperidine rings is 1. The number of amides is 2. The Labute approximate surface area is 307 Å². The third-order valence-electron chi connectivity index (χ3n) is 11.0. The monoisotopic (exact) mass is 737 g/mol. The van der Waals surface area contributed by atoms with E-state index in [1.165, 1.54) is 0 Å². The van der Waals surface area contributed by atoms with Crippen LogP contribution in [0.25, 0.3) is 11.1 Å². The van der Waals surface area contributed by atoms with Crippen molar-refractivity contribution in [3.63, 3.8) is 0 Å². The van der Waals surface area contributed by atoms with Gasteiger partial charge in [-0.1, -0.05) is 79.7 Å². The van der Waals surface area contributed by atoms with Crippen molar-refractivity contribution < 1.29 is 46.8 Å². The van der Waals surface area contributed by atoms with E-state index < -0.39 is 36.1 Å². The molecule has 0 radical (unpaired) electrons. The number of carbonyl (C=O) groups excluding carboxylic acids is 2. The largest absolute Gasteiger partial charge is 0.471 e. The highest BCUT2D eigenvalue weighted by Gasteiger charge is 2.48. The lowest BCUT2D eigenvalue weighted by molar-refractivity contribution is -0.278. The number of nitrogens with one attached hydrogen (secondary N) is 1. The van der Waals surface area contributed by atoms with Crippen LogP contribution in [0.4, 0.5) is 13.2 Å². The molecule has 0 bridgehead atoms. The van der Waals surface area contributed by atoms with Crippen molar-refractivity contribution in [1.82, 2.24) is 15.1 Å². The molecule has 4 fully saturated rings. The first-order chi connectivity index (χ1) is 25.5. The molecule has 5 atom stereocenters. The van der Waals surface area contributed by atoms with Gasteiger partial charge in [-0.3, -0.25) is 9.59 Å². The lowest BCUT2D eigenvalue weighted by Gasteiger charge is -2.44. The van der Waals surface area contributed by atoms with Crippen molar-refractivity contribution in [2.24, 2.45) is 5.92 Å². The second kappa shape index (κ2) is 15.9. The van der Waals surface area contributed by atoms with Crippen LogP contribution in [0.2, 0.25) is 0 Å². The number of hydrogen-bond donors (Lipinski definition) is 2. The number of aliphatic hydroxyl groups excluding tert-OH is 1. The Balaban J connectivity index is 1.05. The molecule has 0 saturated carbocycles. The number of aliphatic hydroxyl groups is 1. The fourth-order valence-corrected chi connectivity index (χ4v) is 7.97. The molecule has 4 aliphatic heterocycles. The summed E-state index contributed by atoms with van der Waals surface area (Å²) >= 11 is 0. The van der Waals surface area contributed by atoms with Gasteiger partial charge in [-0.25, -0.2) is 0 Å². The van der Waals surface area contributed by atoms with Gasteiger partial charge in [0, 0.05) is 57.0 Å². The minimum Gasteiger partial charge on any atom is -0.392 e. The fourth-order valence-electron chi connectivity index (χ4n) is 7.97. The maximum atomic E-state index is 13.1. The predicted octanol–water partition coefficient (Wildman–Crippen LogP) is 5.65. The predicted molar refractivity (Wildman–Crippen MR) is 188 cm³/mol. The van der Waals surface area contributed by atoms with Gasteiger partial charge in [-0.15, -0.1) is 0 Å². The summed E-state index contributed by atoms with van der Waals surface area (Å²) in [4.78, 5) is 27.9. The molecule has 5 unspecified atom stereocenters. The number of rotatable bonds is 9. The molecule has 13 heteroatoms. The Bertz CT molecular complexity index is 1720. The zero-order valence-corrected chi connectivity index (χ0v) is 29.7. The Morgan fingerprint density at radius 2 is 1.58 bits per heavy atom. The highest BCUT2D eigenvalue weighted by Crippen LogP contribution is 2.43. The van der Waals surface area contributed by atoms with Gasteiger partial charge in [-0.2, -0.15) is 13.2 Å². The van der Waals surface area contributed by atoms with E-state index in [4.69, 9.17) is 18.9 Å². The maximum Gasteiger partial charge on any atom is 0.471 e. The van der Waals surface area contributed by atoms with Crippen LogP contribution >= 0.6 is 0 Å². The van der Waals surface area contributed by atoms with Gasteiger partial charge in [-0.05, 0) is 40.7 Å². The molecular formula is C40H46F3N3O7. The Morgan fingerprint density at radius 1 is 0.906 bits per heavy atom. The topological polar surface area (TPSA) is 110 Å². The van der Waals surface area contributed by atoms with E-state index in [-0.39, 0.29) is 44.2 Å². The summed E-state index contributed by atoms with van der Waals surface area (Å²) in [7, 11) is 0. The average molecular weight is 738 g/mol. The minimum atomic E-state index is -5.03. The number of benzene rings is 3. The molecule has 0 aliphatic carbocycles. The van der Waals surface area contributed by atoms with Gasteiger partial charge >= 0.3 is 12.1 Å². The summed E-state index contributed by atoms with van der Waals surface area (Å²) < 4.78 is 64.6. The van der Waals surface area contributed by atoms with Gasteiger partial charge in [0.15, 0.2) is 12.1 Å². The molecule has 10 nitrogen and oxygen atoms in total. The average Bonchev–Trinajstić information content (AvgIpc) is 3.86. The highest BCUT2D eigenvalue weighted by molar-refractivity contribution is 5.90. The molecule has 4 saturated heterocycles. The molecule has 4 aliphatic rings. The van der Waals surface area contributed by atoms with Crippen molar-refractivity contribution in [3.8, 4) is 11.1 Å². The van der Waals surface area contributed by atoms with Crippen LogP contribution in [0.15, 0.2) is 72.8 Å². The second-order valence-corrected chi connectivity index (χ2v) is 14.4. The van der Waals surface area contributed by atoms with E-state index >= 15 is 0 Å². The van der Waals surface area contributed by atoms with Crippen LogP contribution in [-0.4, -0.2) is 90.2 Å². The number of hydrogen-bond acceptors (Lipinski definition) is 8. The number of alkyl halides is 3. The summed E-state index contributed by atoms with van der Waals surface area (Å²) in [5, 5.41) is 12.4. The first-order valence-electron chi connectivity index (χ1n) is 18.4. The molecule has 7 rings (SSSR count). The van der Waals surface area contributed by atoms with Crippen molar-refractivity contribution in [2.75, 3.05) is 39.4 Å². The van der Waals surface area contributed by atoms with Crippen molar-refractivity contribution >= 4 is 11.8 Å². The molecule has 53 heavy (non-hydrogen) atoms. The number of likely N-dealkylation sites (tertiary alicyclic amines) is 2. The van der Waals surface area contributed by atoms with Crippen LogP contribution in [0.3, 0.4) is 0 Å².